The zero-order valence-corrected chi connectivity index (χ0v) is 15.8. The van der Waals surface area contributed by atoms with Gasteiger partial charge in [0.05, 0.1) is 0 Å². The Morgan fingerprint density at radius 3 is 2.59 bits per heavy atom. The summed E-state index contributed by atoms with van der Waals surface area (Å²) in [6.45, 7) is 4.13. The number of carbonyl (C=O) groups excluding carboxylic acids is 1. The van der Waals surface area contributed by atoms with E-state index in [0.717, 1.165) is 25.7 Å². The Morgan fingerprint density at radius 2 is 1.96 bits per heavy atom. The maximum Gasteiger partial charge on any atom is 0.320 e. The van der Waals surface area contributed by atoms with Crippen LogP contribution in [0.3, 0.4) is 0 Å². The lowest BCUT2D eigenvalue weighted by molar-refractivity contribution is -0.142. The van der Waals surface area contributed by atoms with Crippen LogP contribution in [0.2, 0.25) is 0 Å². The summed E-state index contributed by atoms with van der Waals surface area (Å²) in [6, 6.07) is 4.70. The molecule has 146 valence electrons. The molecule has 0 bridgehead atoms. The molecule has 1 aliphatic carbocycles. The van der Waals surface area contributed by atoms with Crippen molar-refractivity contribution in [3.8, 4) is 0 Å². The zero-order chi connectivity index (χ0) is 19.2. The second kappa shape index (κ2) is 6.89. The van der Waals surface area contributed by atoms with E-state index in [4.69, 9.17) is 0 Å². The number of benzene rings is 1. The van der Waals surface area contributed by atoms with E-state index in [0.29, 0.717) is 43.7 Å². The number of aryl methyl sites for hydroxylation is 1. The van der Waals surface area contributed by atoms with Crippen LogP contribution < -0.4 is 0 Å². The summed E-state index contributed by atoms with van der Waals surface area (Å²) >= 11 is 0. The van der Waals surface area contributed by atoms with Gasteiger partial charge < -0.3 is 10.0 Å². The monoisotopic (exact) mass is 374 g/mol. The van der Waals surface area contributed by atoms with E-state index in [1.165, 1.54) is 0 Å². The molecule has 1 amide bonds. The first kappa shape index (κ1) is 18.4. The molecule has 6 heteroatoms. The summed E-state index contributed by atoms with van der Waals surface area (Å²) in [5, 5.41) is 9.72. The smallest absolute Gasteiger partial charge is 0.320 e. The highest BCUT2D eigenvalue weighted by molar-refractivity contribution is 5.81. The molecule has 1 saturated carbocycles. The van der Waals surface area contributed by atoms with Crippen molar-refractivity contribution in [2.24, 2.45) is 11.3 Å². The number of halogens is 1. The van der Waals surface area contributed by atoms with Gasteiger partial charge in [0.2, 0.25) is 5.91 Å². The molecular formula is C21H27FN2O3. The van der Waals surface area contributed by atoms with E-state index in [-0.39, 0.29) is 23.1 Å². The van der Waals surface area contributed by atoms with Gasteiger partial charge in [-0.05, 0) is 50.0 Å². The Hall–Kier alpha value is -1.95. The molecule has 2 heterocycles. The molecule has 4 rings (SSSR count). The van der Waals surface area contributed by atoms with Crippen LogP contribution >= 0.6 is 0 Å². The van der Waals surface area contributed by atoms with Gasteiger partial charge in [0.1, 0.15) is 11.9 Å². The molecule has 2 aliphatic heterocycles. The molecule has 0 aromatic heterocycles. The van der Waals surface area contributed by atoms with Gasteiger partial charge >= 0.3 is 5.97 Å². The van der Waals surface area contributed by atoms with Gasteiger partial charge in [-0.1, -0.05) is 18.2 Å². The highest BCUT2D eigenvalue weighted by atomic mass is 19.1. The number of carboxylic acids is 1. The number of amides is 1. The maximum absolute atomic E-state index is 14.4. The van der Waals surface area contributed by atoms with E-state index in [9.17, 15) is 19.1 Å². The SMILES string of the molecule is Cc1cccc(CN2CC3(CCN(C(=O)C4CC4)CC3)C[C@@H]2C(=O)O)c1F. The minimum atomic E-state index is -0.837. The first-order valence-electron chi connectivity index (χ1n) is 9.88. The molecule has 1 spiro atoms. The maximum atomic E-state index is 14.4. The number of nitrogens with zero attached hydrogens (tertiary/aromatic N) is 2. The largest absolute Gasteiger partial charge is 0.480 e. The number of carbonyl (C=O) groups is 2. The number of carboxylic acid groups (broad SMARTS) is 1. The molecule has 3 fully saturated rings. The average Bonchev–Trinajstić information content (AvgIpc) is 3.43. The summed E-state index contributed by atoms with van der Waals surface area (Å²) in [5.41, 5.74) is 1.06. The third-order valence-corrected chi connectivity index (χ3v) is 6.60. The van der Waals surface area contributed by atoms with E-state index in [1.54, 1.807) is 19.1 Å². The third-order valence-electron chi connectivity index (χ3n) is 6.60. The number of hydrogen-bond donors (Lipinski definition) is 1. The lowest BCUT2D eigenvalue weighted by Gasteiger charge is -2.39. The van der Waals surface area contributed by atoms with Crippen LogP contribution in [0.5, 0.6) is 0 Å². The fraction of sp³-hybridized carbons (Fsp3) is 0.619. The van der Waals surface area contributed by atoms with Crippen molar-refractivity contribution in [1.29, 1.82) is 0 Å². The van der Waals surface area contributed by atoms with E-state index < -0.39 is 12.0 Å². The number of likely N-dealkylation sites (tertiary alicyclic amines) is 2. The van der Waals surface area contributed by atoms with Gasteiger partial charge in [-0.25, -0.2) is 4.39 Å². The van der Waals surface area contributed by atoms with Crippen molar-refractivity contribution in [2.45, 2.75) is 51.6 Å². The lowest BCUT2D eigenvalue weighted by Crippen LogP contribution is -2.44. The summed E-state index contributed by atoms with van der Waals surface area (Å²) < 4.78 is 14.4. The van der Waals surface area contributed by atoms with Crippen LogP contribution in [0.1, 0.15) is 43.2 Å². The second-order valence-corrected chi connectivity index (χ2v) is 8.61. The van der Waals surface area contributed by atoms with Gasteiger partial charge in [-0.2, -0.15) is 0 Å². The molecule has 1 aromatic carbocycles. The first-order chi connectivity index (χ1) is 12.9. The second-order valence-electron chi connectivity index (χ2n) is 8.61. The van der Waals surface area contributed by atoms with Gasteiger partial charge in [0.15, 0.2) is 0 Å². The van der Waals surface area contributed by atoms with Crippen LogP contribution in [0, 0.1) is 24.1 Å². The Morgan fingerprint density at radius 1 is 1.26 bits per heavy atom. The van der Waals surface area contributed by atoms with Crippen molar-refractivity contribution in [3.63, 3.8) is 0 Å². The summed E-state index contributed by atoms with van der Waals surface area (Å²) in [6.07, 6.45) is 4.28. The Balaban J connectivity index is 1.46. The number of hydrogen-bond acceptors (Lipinski definition) is 3. The molecule has 1 aromatic rings. The van der Waals surface area contributed by atoms with Crippen LogP contribution in [-0.4, -0.2) is 52.5 Å². The fourth-order valence-electron chi connectivity index (χ4n) is 4.76. The molecule has 0 unspecified atom stereocenters. The summed E-state index contributed by atoms with van der Waals surface area (Å²) in [7, 11) is 0. The molecular weight excluding hydrogens is 347 g/mol. The minimum Gasteiger partial charge on any atom is -0.480 e. The average molecular weight is 374 g/mol. The molecule has 0 radical (unpaired) electrons. The van der Waals surface area contributed by atoms with Gasteiger partial charge in [0, 0.05) is 37.7 Å². The van der Waals surface area contributed by atoms with Crippen LogP contribution in [0.15, 0.2) is 18.2 Å². The predicted octanol–water partition coefficient (Wildman–Crippen LogP) is 2.81. The topological polar surface area (TPSA) is 60.9 Å². The normalized spacial score (nSPS) is 25.1. The predicted molar refractivity (Wildman–Crippen MR) is 98.6 cm³/mol. The molecule has 2 saturated heterocycles. The number of aliphatic carboxylic acids is 1. The highest BCUT2D eigenvalue weighted by Gasteiger charge is 2.49. The molecule has 5 nitrogen and oxygen atoms in total. The van der Waals surface area contributed by atoms with E-state index in [2.05, 4.69) is 0 Å². The molecule has 27 heavy (non-hydrogen) atoms. The van der Waals surface area contributed by atoms with Gasteiger partial charge in [0.25, 0.3) is 0 Å². The van der Waals surface area contributed by atoms with Crippen molar-refractivity contribution in [3.05, 3.63) is 35.1 Å². The Labute approximate surface area is 159 Å². The summed E-state index contributed by atoms with van der Waals surface area (Å²) in [4.78, 5) is 28.0. The fourth-order valence-corrected chi connectivity index (χ4v) is 4.76. The van der Waals surface area contributed by atoms with Crippen molar-refractivity contribution < 1.29 is 19.1 Å². The van der Waals surface area contributed by atoms with Crippen molar-refractivity contribution >= 4 is 11.9 Å². The third kappa shape index (κ3) is 3.59. The molecule has 1 atom stereocenters. The van der Waals surface area contributed by atoms with E-state index >= 15 is 0 Å². The minimum absolute atomic E-state index is 0.0797. The van der Waals surface area contributed by atoms with Crippen LogP contribution in [0.4, 0.5) is 4.39 Å². The first-order valence-corrected chi connectivity index (χ1v) is 9.88. The Kier molecular flexibility index (Phi) is 4.70. The lowest BCUT2D eigenvalue weighted by atomic mass is 9.76. The number of rotatable bonds is 4. The van der Waals surface area contributed by atoms with Crippen LogP contribution in [0.25, 0.3) is 0 Å². The Bertz CT molecular complexity index is 754. The van der Waals surface area contributed by atoms with Crippen molar-refractivity contribution in [1.82, 2.24) is 9.80 Å². The number of piperidine rings is 1. The van der Waals surface area contributed by atoms with Gasteiger partial charge in [-0.15, -0.1) is 0 Å². The summed E-state index contributed by atoms with van der Waals surface area (Å²) in [5.74, 6) is -0.574. The highest BCUT2D eigenvalue weighted by Crippen LogP contribution is 2.45. The van der Waals surface area contributed by atoms with Crippen LogP contribution in [-0.2, 0) is 16.1 Å². The van der Waals surface area contributed by atoms with E-state index in [1.807, 2.05) is 15.9 Å². The van der Waals surface area contributed by atoms with Crippen molar-refractivity contribution in [2.75, 3.05) is 19.6 Å². The van der Waals surface area contributed by atoms with Gasteiger partial charge in [-0.3, -0.25) is 14.5 Å². The molecule has 3 aliphatic rings. The molecule has 1 N–H and O–H groups in total. The quantitative estimate of drug-likeness (QED) is 0.880. The zero-order valence-electron chi connectivity index (χ0n) is 15.8. The standard InChI is InChI=1S/C21H27FN2O3/c1-14-3-2-4-16(18(14)22)12-24-13-21(11-17(24)20(26)27)7-9-23(10-8-21)19(25)15-5-6-15/h2-4,15,17H,5-13H2,1H3,(H,26,27)/t17-/m1/s1.